The predicted molar refractivity (Wildman–Crippen MR) is 80.9 cm³/mol. The van der Waals surface area contributed by atoms with Gasteiger partial charge >= 0.3 is 0 Å². The van der Waals surface area contributed by atoms with Gasteiger partial charge in [0.25, 0.3) is 11.9 Å². The highest BCUT2D eigenvalue weighted by molar-refractivity contribution is 7.99. The summed E-state index contributed by atoms with van der Waals surface area (Å²) in [6, 6.07) is 10.1. The third-order valence-corrected chi connectivity index (χ3v) is 4.00. The summed E-state index contributed by atoms with van der Waals surface area (Å²) >= 11 is 1.95. The van der Waals surface area contributed by atoms with Gasteiger partial charge in [0.2, 0.25) is 0 Å². The van der Waals surface area contributed by atoms with Crippen LogP contribution in [0.5, 0.6) is 0 Å². The Morgan fingerprint density at radius 2 is 1.70 bits per heavy atom. The summed E-state index contributed by atoms with van der Waals surface area (Å²) in [6.45, 7) is 2.60. The van der Waals surface area contributed by atoms with E-state index in [1.165, 1.54) is 5.56 Å². The van der Waals surface area contributed by atoms with Crippen molar-refractivity contribution < 1.29 is 0 Å². The number of thioether (sulfide) groups is 1. The van der Waals surface area contributed by atoms with Crippen LogP contribution in [0.3, 0.4) is 0 Å². The highest BCUT2D eigenvalue weighted by atomic mass is 32.2. The van der Waals surface area contributed by atoms with Crippen LogP contribution >= 0.6 is 11.8 Å². The second-order valence-electron chi connectivity index (χ2n) is 4.46. The quantitative estimate of drug-likeness (QED) is 0.913. The summed E-state index contributed by atoms with van der Waals surface area (Å²) in [5, 5.41) is 19.6. The molecule has 1 N–H and O–H groups in total. The third kappa shape index (κ3) is 3.36. The van der Waals surface area contributed by atoms with Gasteiger partial charge in [0.1, 0.15) is 0 Å². The Morgan fingerprint density at radius 3 is 2.40 bits per heavy atom. The Kier molecular flexibility index (Phi) is 4.27. The molecule has 2 aromatic rings. The third-order valence-electron chi connectivity index (χ3n) is 3.06. The molecule has 0 aliphatic carbocycles. The van der Waals surface area contributed by atoms with Gasteiger partial charge in [0.15, 0.2) is 0 Å². The molecule has 0 unspecified atom stereocenters. The van der Waals surface area contributed by atoms with E-state index in [0.29, 0.717) is 18.4 Å². The zero-order chi connectivity index (χ0) is 13.6. The maximum Gasteiger partial charge on any atom is 0.264 e. The highest BCUT2D eigenvalue weighted by Crippen LogP contribution is 2.13. The molecule has 6 nitrogen and oxygen atoms in total. The summed E-state index contributed by atoms with van der Waals surface area (Å²) < 4.78 is 0. The van der Waals surface area contributed by atoms with E-state index in [0.717, 1.165) is 24.6 Å². The molecule has 3 rings (SSSR count). The van der Waals surface area contributed by atoms with Gasteiger partial charge in [-0.15, -0.1) is 20.4 Å². The van der Waals surface area contributed by atoms with Crippen LogP contribution in [0.15, 0.2) is 30.3 Å². The fraction of sp³-hybridized carbons (Fsp3) is 0.385. The van der Waals surface area contributed by atoms with Gasteiger partial charge in [-0.25, -0.2) is 0 Å². The maximum absolute atomic E-state index is 4.15. The van der Waals surface area contributed by atoms with E-state index < -0.39 is 0 Å². The second-order valence-corrected chi connectivity index (χ2v) is 5.69. The van der Waals surface area contributed by atoms with Gasteiger partial charge in [-0.1, -0.05) is 30.3 Å². The number of rotatable bonds is 4. The molecule has 1 saturated heterocycles. The fourth-order valence-corrected chi connectivity index (χ4v) is 2.86. The lowest BCUT2D eigenvalue weighted by atomic mass is 10.2. The van der Waals surface area contributed by atoms with Crippen molar-refractivity contribution >= 4 is 23.7 Å². The molecule has 0 radical (unpaired) electrons. The maximum atomic E-state index is 4.15. The standard InChI is InChI=1S/C13H16N6S/c1-2-4-11(5-3-1)10-14-12-15-17-13(18-16-12)19-6-8-20-9-7-19/h1-5H,6-10H2,(H,14,15,16). The van der Waals surface area contributed by atoms with Crippen molar-refractivity contribution in [2.45, 2.75) is 6.54 Å². The van der Waals surface area contributed by atoms with Crippen LogP contribution < -0.4 is 10.2 Å². The first kappa shape index (κ1) is 13.1. The van der Waals surface area contributed by atoms with Crippen LogP contribution in [-0.2, 0) is 6.54 Å². The number of hydrogen-bond acceptors (Lipinski definition) is 7. The van der Waals surface area contributed by atoms with E-state index in [9.17, 15) is 0 Å². The Morgan fingerprint density at radius 1 is 1.00 bits per heavy atom. The molecular formula is C13H16N6S. The van der Waals surface area contributed by atoms with Crippen molar-refractivity contribution in [1.82, 2.24) is 20.4 Å². The summed E-state index contributed by atoms with van der Waals surface area (Å²) in [5.74, 6) is 3.30. The Hall–Kier alpha value is -1.89. The Labute approximate surface area is 122 Å². The molecule has 1 aromatic carbocycles. The number of aromatic nitrogens is 4. The van der Waals surface area contributed by atoms with Crippen LogP contribution in [0.25, 0.3) is 0 Å². The highest BCUT2D eigenvalue weighted by Gasteiger charge is 2.14. The number of hydrogen-bond donors (Lipinski definition) is 1. The number of anilines is 2. The smallest absolute Gasteiger partial charge is 0.264 e. The van der Waals surface area contributed by atoms with Gasteiger partial charge in [0, 0.05) is 31.1 Å². The van der Waals surface area contributed by atoms with Crippen LogP contribution in [-0.4, -0.2) is 45.0 Å². The Bertz CT molecular complexity index is 526. The summed E-state index contributed by atoms with van der Waals surface area (Å²) in [4.78, 5) is 2.12. The van der Waals surface area contributed by atoms with Gasteiger partial charge in [-0.2, -0.15) is 11.8 Å². The predicted octanol–water partition coefficient (Wildman–Crippen LogP) is 1.43. The first-order chi connectivity index (χ1) is 9.92. The normalized spacial score (nSPS) is 15.1. The number of nitrogens with one attached hydrogen (secondary N) is 1. The van der Waals surface area contributed by atoms with E-state index in [1.807, 2.05) is 42.1 Å². The SMILES string of the molecule is c1ccc(CNc2nnc(N3CCSCC3)nn2)cc1. The largest absolute Gasteiger partial charge is 0.348 e. The summed E-state index contributed by atoms with van der Waals surface area (Å²) in [7, 11) is 0. The molecule has 7 heteroatoms. The van der Waals surface area contributed by atoms with Gasteiger partial charge in [0.05, 0.1) is 0 Å². The monoisotopic (exact) mass is 288 g/mol. The van der Waals surface area contributed by atoms with Crippen molar-refractivity contribution in [2.24, 2.45) is 0 Å². The molecule has 20 heavy (non-hydrogen) atoms. The first-order valence-electron chi connectivity index (χ1n) is 6.60. The molecular weight excluding hydrogens is 272 g/mol. The average molecular weight is 288 g/mol. The molecule has 0 saturated carbocycles. The zero-order valence-electron chi connectivity index (χ0n) is 11.1. The van der Waals surface area contributed by atoms with Crippen LogP contribution in [0.1, 0.15) is 5.56 Å². The minimum absolute atomic E-state index is 0.462. The van der Waals surface area contributed by atoms with Gasteiger partial charge in [-0.3, -0.25) is 0 Å². The van der Waals surface area contributed by atoms with Crippen molar-refractivity contribution in [3.05, 3.63) is 35.9 Å². The molecule has 0 spiro atoms. The van der Waals surface area contributed by atoms with E-state index in [2.05, 4.69) is 30.6 Å². The van der Waals surface area contributed by atoms with Crippen molar-refractivity contribution in [2.75, 3.05) is 34.8 Å². The van der Waals surface area contributed by atoms with Crippen molar-refractivity contribution in [3.63, 3.8) is 0 Å². The molecule has 1 aromatic heterocycles. The topological polar surface area (TPSA) is 66.8 Å². The second kappa shape index (κ2) is 6.51. The van der Waals surface area contributed by atoms with Crippen LogP contribution in [0.4, 0.5) is 11.9 Å². The minimum Gasteiger partial charge on any atom is -0.348 e. The zero-order valence-corrected chi connectivity index (χ0v) is 11.9. The van der Waals surface area contributed by atoms with E-state index in [-0.39, 0.29) is 0 Å². The van der Waals surface area contributed by atoms with E-state index in [4.69, 9.17) is 0 Å². The first-order valence-corrected chi connectivity index (χ1v) is 7.75. The van der Waals surface area contributed by atoms with E-state index >= 15 is 0 Å². The van der Waals surface area contributed by atoms with Gasteiger partial charge in [-0.05, 0) is 5.56 Å². The molecule has 104 valence electrons. The lowest BCUT2D eigenvalue weighted by molar-refractivity contribution is 0.753. The van der Waals surface area contributed by atoms with Crippen molar-refractivity contribution in [3.8, 4) is 0 Å². The average Bonchev–Trinajstić information content (AvgIpc) is 2.55. The van der Waals surface area contributed by atoms with Crippen LogP contribution in [0, 0.1) is 0 Å². The minimum atomic E-state index is 0.462. The molecule has 2 heterocycles. The lowest BCUT2D eigenvalue weighted by Crippen LogP contribution is -2.34. The summed E-state index contributed by atoms with van der Waals surface area (Å²) in [6.07, 6.45) is 0. The molecule has 1 aliphatic rings. The molecule has 0 atom stereocenters. The lowest BCUT2D eigenvalue weighted by Gasteiger charge is -2.25. The summed E-state index contributed by atoms with van der Waals surface area (Å²) in [5.41, 5.74) is 1.17. The molecule has 0 amide bonds. The fourth-order valence-electron chi connectivity index (χ4n) is 1.96. The Balaban J connectivity index is 1.58. The van der Waals surface area contributed by atoms with Gasteiger partial charge < -0.3 is 10.2 Å². The molecule has 1 fully saturated rings. The number of benzene rings is 1. The van der Waals surface area contributed by atoms with E-state index in [1.54, 1.807) is 0 Å². The van der Waals surface area contributed by atoms with Crippen molar-refractivity contribution in [1.29, 1.82) is 0 Å². The molecule has 1 aliphatic heterocycles. The number of nitrogens with zero attached hydrogens (tertiary/aromatic N) is 5. The molecule has 0 bridgehead atoms. The van der Waals surface area contributed by atoms with Crippen LogP contribution in [0.2, 0.25) is 0 Å².